The van der Waals surface area contributed by atoms with Crippen molar-refractivity contribution in [1.29, 1.82) is 0 Å². The second-order valence-electron chi connectivity index (χ2n) is 6.98. The van der Waals surface area contributed by atoms with E-state index in [0.29, 0.717) is 26.7 Å². The van der Waals surface area contributed by atoms with Crippen LogP contribution in [0.2, 0.25) is 10.0 Å². The summed E-state index contributed by atoms with van der Waals surface area (Å²) < 4.78 is 1.90. The number of aromatic nitrogens is 3. The smallest absolute Gasteiger partial charge is 0.250 e. The van der Waals surface area contributed by atoms with Crippen LogP contribution >= 0.6 is 35.0 Å². The van der Waals surface area contributed by atoms with Crippen molar-refractivity contribution in [2.24, 2.45) is 5.10 Å². The lowest BCUT2D eigenvalue weighted by atomic mass is 10.1. The highest BCUT2D eigenvalue weighted by atomic mass is 35.5. The van der Waals surface area contributed by atoms with Crippen LogP contribution in [0.4, 0.5) is 0 Å². The molecule has 4 rings (SSSR count). The number of thioether (sulfide) groups is 1. The SMILES string of the molecule is C/C(=N/NC(=O)CSc1nnc(-c2ccccc2)n1-c1ccc(Cl)cc1)c1ccccc1Cl. The topological polar surface area (TPSA) is 72.2 Å². The average molecular weight is 496 g/mol. The lowest BCUT2D eigenvalue weighted by Gasteiger charge is -2.10. The molecule has 1 aromatic heterocycles. The van der Waals surface area contributed by atoms with Gasteiger partial charge in [-0.25, -0.2) is 5.43 Å². The van der Waals surface area contributed by atoms with Crippen molar-refractivity contribution < 1.29 is 4.79 Å². The molecule has 0 bridgehead atoms. The van der Waals surface area contributed by atoms with Gasteiger partial charge in [0.05, 0.1) is 11.5 Å². The van der Waals surface area contributed by atoms with Crippen molar-refractivity contribution in [2.75, 3.05) is 5.75 Å². The normalized spacial score (nSPS) is 11.4. The summed E-state index contributed by atoms with van der Waals surface area (Å²) in [5.74, 6) is 0.520. The Bertz CT molecular complexity index is 1290. The molecule has 1 N–H and O–H groups in total. The van der Waals surface area contributed by atoms with E-state index in [4.69, 9.17) is 23.2 Å². The Hall–Kier alpha value is -3.13. The highest BCUT2D eigenvalue weighted by Crippen LogP contribution is 2.28. The third-order valence-corrected chi connectivity index (χ3v) is 6.21. The van der Waals surface area contributed by atoms with Gasteiger partial charge in [0.2, 0.25) is 0 Å². The zero-order chi connectivity index (χ0) is 23.2. The predicted octanol–water partition coefficient (Wildman–Crippen LogP) is 5.87. The largest absolute Gasteiger partial charge is 0.272 e. The van der Waals surface area contributed by atoms with E-state index < -0.39 is 0 Å². The van der Waals surface area contributed by atoms with Crippen molar-refractivity contribution in [3.05, 3.63) is 94.5 Å². The maximum absolute atomic E-state index is 12.5. The minimum Gasteiger partial charge on any atom is -0.272 e. The minimum absolute atomic E-state index is 0.111. The van der Waals surface area contributed by atoms with E-state index in [2.05, 4.69) is 20.7 Å². The van der Waals surface area contributed by atoms with Gasteiger partial charge >= 0.3 is 0 Å². The van der Waals surface area contributed by atoms with Gasteiger partial charge < -0.3 is 0 Å². The number of rotatable bonds is 7. The van der Waals surface area contributed by atoms with E-state index in [9.17, 15) is 4.79 Å². The van der Waals surface area contributed by atoms with Crippen molar-refractivity contribution in [3.8, 4) is 17.1 Å². The zero-order valence-corrected chi connectivity index (χ0v) is 19.9. The van der Waals surface area contributed by atoms with Crippen molar-refractivity contribution in [3.63, 3.8) is 0 Å². The lowest BCUT2D eigenvalue weighted by Crippen LogP contribution is -2.21. The van der Waals surface area contributed by atoms with Crippen LogP contribution in [0.25, 0.3) is 17.1 Å². The zero-order valence-electron chi connectivity index (χ0n) is 17.6. The molecule has 33 heavy (non-hydrogen) atoms. The van der Waals surface area contributed by atoms with Gasteiger partial charge in [0.1, 0.15) is 0 Å². The van der Waals surface area contributed by atoms with Crippen LogP contribution in [-0.2, 0) is 4.79 Å². The summed E-state index contributed by atoms with van der Waals surface area (Å²) in [5, 5.41) is 14.7. The number of halogens is 2. The first-order valence-electron chi connectivity index (χ1n) is 10.0. The molecule has 0 saturated carbocycles. The number of nitrogens with one attached hydrogen (secondary N) is 1. The summed E-state index contributed by atoms with van der Waals surface area (Å²) in [6.45, 7) is 1.79. The molecule has 0 aliphatic rings. The fourth-order valence-corrected chi connectivity index (χ4v) is 4.23. The molecule has 0 spiro atoms. The Morgan fingerprint density at radius 3 is 2.39 bits per heavy atom. The van der Waals surface area contributed by atoms with Crippen LogP contribution in [0.3, 0.4) is 0 Å². The number of hydrogen-bond acceptors (Lipinski definition) is 5. The summed E-state index contributed by atoms with van der Waals surface area (Å²) in [6, 6.07) is 24.5. The molecule has 4 aromatic rings. The van der Waals surface area contributed by atoms with Gasteiger partial charge in [-0.2, -0.15) is 5.10 Å². The van der Waals surface area contributed by atoms with Crippen LogP contribution in [0.1, 0.15) is 12.5 Å². The lowest BCUT2D eigenvalue weighted by molar-refractivity contribution is -0.118. The van der Waals surface area contributed by atoms with Gasteiger partial charge in [-0.3, -0.25) is 9.36 Å². The highest BCUT2D eigenvalue weighted by molar-refractivity contribution is 7.99. The number of nitrogens with zero attached hydrogens (tertiary/aromatic N) is 4. The molecule has 6 nitrogen and oxygen atoms in total. The van der Waals surface area contributed by atoms with E-state index in [1.54, 1.807) is 25.1 Å². The minimum atomic E-state index is -0.265. The Morgan fingerprint density at radius 1 is 0.970 bits per heavy atom. The molecule has 1 amide bonds. The first kappa shape index (κ1) is 23.0. The third-order valence-electron chi connectivity index (χ3n) is 4.69. The number of amides is 1. The molecule has 166 valence electrons. The summed E-state index contributed by atoms with van der Waals surface area (Å²) >= 11 is 13.5. The summed E-state index contributed by atoms with van der Waals surface area (Å²) in [6.07, 6.45) is 0. The van der Waals surface area contributed by atoms with Gasteiger partial charge in [0.15, 0.2) is 11.0 Å². The molecule has 0 aliphatic carbocycles. The summed E-state index contributed by atoms with van der Waals surface area (Å²) in [5.41, 5.74) is 5.72. The molecule has 0 unspecified atom stereocenters. The van der Waals surface area contributed by atoms with Gasteiger partial charge in [0.25, 0.3) is 5.91 Å². The average Bonchev–Trinajstić information content (AvgIpc) is 3.26. The molecular formula is C24H19Cl2N5OS. The predicted molar refractivity (Wildman–Crippen MR) is 134 cm³/mol. The second-order valence-corrected chi connectivity index (χ2v) is 8.77. The van der Waals surface area contributed by atoms with Crippen molar-refractivity contribution in [2.45, 2.75) is 12.1 Å². The van der Waals surface area contributed by atoms with Gasteiger partial charge in [-0.1, -0.05) is 83.5 Å². The molecule has 0 radical (unpaired) electrons. The fourth-order valence-electron chi connectivity index (χ4n) is 3.08. The second kappa shape index (κ2) is 10.7. The number of carbonyl (C=O) groups is 1. The molecular weight excluding hydrogens is 477 g/mol. The van der Waals surface area contributed by atoms with Gasteiger partial charge in [-0.15, -0.1) is 10.2 Å². The highest BCUT2D eigenvalue weighted by Gasteiger charge is 2.17. The van der Waals surface area contributed by atoms with E-state index in [1.807, 2.05) is 65.2 Å². The Morgan fingerprint density at radius 2 is 1.67 bits per heavy atom. The van der Waals surface area contributed by atoms with Gasteiger partial charge in [-0.05, 0) is 37.3 Å². The molecule has 1 heterocycles. The van der Waals surface area contributed by atoms with E-state index >= 15 is 0 Å². The van der Waals surface area contributed by atoms with E-state index in [1.165, 1.54) is 11.8 Å². The van der Waals surface area contributed by atoms with E-state index in [0.717, 1.165) is 16.8 Å². The molecule has 0 saturated heterocycles. The quantitative estimate of drug-likeness (QED) is 0.197. The van der Waals surface area contributed by atoms with Crippen LogP contribution < -0.4 is 5.43 Å². The number of hydrazone groups is 1. The van der Waals surface area contributed by atoms with Gasteiger partial charge in [0, 0.05) is 26.9 Å². The first-order chi connectivity index (χ1) is 16.0. The molecule has 0 atom stereocenters. The first-order valence-corrected chi connectivity index (χ1v) is 11.7. The third kappa shape index (κ3) is 5.63. The molecule has 0 aliphatic heterocycles. The Kier molecular flexibility index (Phi) is 7.44. The number of benzene rings is 3. The summed E-state index contributed by atoms with van der Waals surface area (Å²) in [7, 11) is 0. The molecule has 9 heteroatoms. The van der Waals surface area contributed by atoms with Crippen molar-refractivity contribution >= 4 is 46.6 Å². The standard InChI is InChI=1S/C24H19Cl2N5OS/c1-16(20-9-5-6-10-21(20)26)27-28-22(32)15-33-24-30-29-23(17-7-3-2-4-8-17)31(24)19-13-11-18(25)12-14-19/h2-14H,15H2,1H3,(H,28,32)/b27-16-. The van der Waals surface area contributed by atoms with Crippen LogP contribution in [0.15, 0.2) is 89.1 Å². The maximum atomic E-state index is 12.5. The monoisotopic (exact) mass is 495 g/mol. The van der Waals surface area contributed by atoms with Crippen molar-refractivity contribution in [1.82, 2.24) is 20.2 Å². The van der Waals surface area contributed by atoms with Crippen LogP contribution in [0.5, 0.6) is 0 Å². The Labute approximate surface area is 205 Å². The Balaban J connectivity index is 1.53. The molecule has 0 fully saturated rings. The number of hydrogen-bond donors (Lipinski definition) is 1. The maximum Gasteiger partial charge on any atom is 0.250 e. The van der Waals surface area contributed by atoms with Crippen LogP contribution in [0, 0.1) is 0 Å². The van der Waals surface area contributed by atoms with E-state index in [-0.39, 0.29) is 11.7 Å². The number of carbonyl (C=O) groups excluding carboxylic acids is 1. The van der Waals surface area contributed by atoms with Crippen LogP contribution in [-0.4, -0.2) is 32.1 Å². The summed E-state index contributed by atoms with van der Waals surface area (Å²) in [4.78, 5) is 12.5. The fraction of sp³-hybridized carbons (Fsp3) is 0.0833. The molecule has 3 aromatic carbocycles.